The van der Waals surface area contributed by atoms with Crippen LogP contribution in [-0.4, -0.2) is 63.7 Å². The molecule has 39 heavy (non-hydrogen) atoms. The van der Waals surface area contributed by atoms with E-state index in [1.54, 1.807) is 25.3 Å². The van der Waals surface area contributed by atoms with Crippen LogP contribution in [0.3, 0.4) is 0 Å². The third-order valence-corrected chi connectivity index (χ3v) is 7.68. The van der Waals surface area contributed by atoms with Gasteiger partial charge in [-0.1, -0.05) is 29.3 Å². The Balaban J connectivity index is 1.47. The highest BCUT2D eigenvalue weighted by molar-refractivity contribution is 6.36. The van der Waals surface area contributed by atoms with Crippen molar-refractivity contribution in [2.75, 3.05) is 43.5 Å². The third kappa shape index (κ3) is 5.80. The maximum absolute atomic E-state index is 12.8. The van der Waals surface area contributed by atoms with E-state index in [0.717, 1.165) is 31.9 Å². The first-order chi connectivity index (χ1) is 18.6. The summed E-state index contributed by atoms with van der Waals surface area (Å²) in [5, 5.41) is 4.57. The van der Waals surface area contributed by atoms with Gasteiger partial charge in [0.05, 0.1) is 19.1 Å². The standard InChI is InChI=1S/C28H31Cl2N7O2/c1-28(2,3)37-12-10-36(11-13-37)17-8-9-21(22(14-17)39-4)33-26-24-25(31-16-32-27(24)38)34-23(35-26)15-18-19(29)6-5-7-20(18)30/h5-9,14,16H,10-13,15H2,1-4H3,(H2,31,32,33,34,35,38). The normalized spacial score (nSPS) is 14.6. The maximum Gasteiger partial charge on any atom is 0.264 e. The molecule has 4 aromatic rings. The number of methoxy groups -OCH3 is 1. The molecule has 3 heterocycles. The van der Waals surface area contributed by atoms with Crippen molar-refractivity contribution in [2.24, 2.45) is 0 Å². The van der Waals surface area contributed by atoms with Crippen molar-refractivity contribution in [1.29, 1.82) is 0 Å². The summed E-state index contributed by atoms with van der Waals surface area (Å²) in [5.74, 6) is 1.37. The second-order valence-electron chi connectivity index (χ2n) is 10.5. The average Bonchev–Trinajstić information content (AvgIpc) is 2.90. The molecule has 1 aliphatic heterocycles. The lowest BCUT2D eigenvalue weighted by molar-refractivity contribution is 0.128. The largest absolute Gasteiger partial charge is 0.494 e. The van der Waals surface area contributed by atoms with Gasteiger partial charge in [-0.15, -0.1) is 0 Å². The van der Waals surface area contributed by atoms with Gasteiger partial charge in [-0.05, 0) is 50.6 Å². The number of H-pyrrole nitrogens is 1. The van der Waals surface area contributed by atoms with Gasteiger partial charge in [-0.25, -0.2) is 15.0 Å². The molecule has 1 fully saturated rings. The van der Waals surface area contributed by atoms with Crippen molar-refractivity contribution >= 4 is 51.4 Å². The molecule has 0 amide bonds. The van der Waals surface area contributed by atoms with E-state index in [-0.39, 0.29) is 28.6 Å². The smallest absolute Gasteiger partial charge is 0.264 e. The number of aromatic amines is 1. The van der Waals surface area contributed by atoms with Crippen molar-refractivity contribution in [3.05, 3.63) is 74.5 Å². The predicted molar refractivity (Wildman–Crippen MR) is 157 cm³/mol. The fraction of sp³-hybridized carbons (Fsp3) is 0.357. The fourth-order valence-electron chi connectivity index (χ4n) is 4.79. The Labute approximate surface area is 237 Å². The summed E-state index contributed by atoms with van der Waals surface area (Å²) >= 11 is 12.8. The van der Waals surface area contributed by atoms with Crippen molar-refractivity contribution in [1.82, 2.24) is 24.8 Å². The van der Waals surface area contributed by atoms with E-state index >= 15 is 0 Å². The van der Waals surface area contributed by atoms with Crippen LogP contribution in [0.25, 0.3) is 11.0 Å². The Bertz CT molecular complexity index is 1540. The van der Waals surface area contributed by atoms with E-state index in [2.05, 4.69) is 55.8 Å². The quantitative estimate of drug-likeness (QED) is 0.324. The average molecular weight is 569 g/mol. The van der Waals surface area contributed by atoms with Gasteiger partial charge in [-0.3, -0.25) is 9.69 Å². The zero-order chi connectivity index (χ0) is 27.7. The van der Waals surface area contributed by atoms with Crippen molar-refractivity contribution in [2.45, 2.75) is 32.7 Å². The molecule has 2 aromatic carbocycles. The zero-order valence-electron chi connectivity index (χ0n) is 22.4. The minimum atomic E-state index is -0.350. The molecule has 204 valence electrons. The van der Waals surface area contributed by atoms with Crippen LogP contribution < -0.4 is 20.5 Å². The van der Waals surface area contributed by atoms with Crippen LogP contribution >= 0.6 is 23.2 Å². The number of aromatic nitrogens is 4. The first-order valence-corrected chi connectivity index (χ1v) is 13.5. The van der Waals surface area contributed by atoms with Gasteiger partial charge in [0.25, 0.3) is 5.56 Å². The van der Waals surface area contributed by atoms with Crippen LogP contribution in [0.1, 0.15) is 32.2 Å². The van der Waals surface area contributed by atoms with E-state index in [9.17, 15) is 4.79 Å². The lowest BCUT2D eigenvalue weighted by Crippen LogP contribution is -2.53. The molecule has 1 saturated heterocycles. The Morgan fingerprint density at radius 3 is 2.44 bits per heavy atom. The summed E-state index contributed by atoms with van der Waals surface area (Å²) in [6.07, 6.45) is 1.59. The number of piperazine rings is 1. The summed E-state index contributed by atoms with van der Waals surface area (Å²) in [6, 6.07) is 11.3. The molecule has 5 rings (SSSR count). The monoisotopic (exact) mass is 567 g/mol. The SMILES string of the molecule is COc1cc(N2CCN(C(C)(C)C)CC2)ccc1Nc1nc(Cc2c(Cl)cccc2Cl)nc2nc[nH]c(=O)c12. The summed E-state index contributed by atoms with van der Waals surface area (Å²) in [7, 11) is 1.62. The number of hydrogen-bond acceptors (Lipinski definition) is 8. The second-order valence-corrected chi connectivity index (χ2v) is 11.3. The molecule has 0 radical (unpaired) electrons. The molecule has 1 aliphatic rings. The van der Waals surface area contributed by atoms with Gasteiger partial charge in [0.1, 0.15) is 22.8 Å². The molecular weight excluding hydrogens is 537 g/mol. The summed E-state index contributed by atoms with van der Waals surface area (Å²) < 4.78 is 5.74. The highest BCUT2D eigenvalue weighted by Crippen LogP contribution is 2.34. The molecule has 0 spiro atoms. The van der Waals surface area contributed by atoms with Crippen molar-refractivity contribution in [3.63, 3.8) is 0 Å². The van der Waals surface area contributed by atoms with Gasteiger partial charge in [-0.2, -0.15) is 0 Å². The first-order valence-electron chi connectivity index (χ1n) is 12.8. The number of halogens is 2. The highest BCUT2D eigenvalue weighted by atomic mass is 35.5. The van der Waals surface area contributed by atoms with E-state index in [4.69, 9.17) is 27.9 Å². The molecule has 0 aliphatic carbocycles. The number of ether oxygens (including phenoxy) is 1. The van der Waals surface area contributed by atoms with Crippen molar-refractivity contribution < 1.29 is 4.74 Å². The lowest BCUT2D eigenvalue weighted by Gasteiger charge is -2.43. The Morgan fingerprint density at radius 1 is 1.05 bits per heavy atom. The number of nitrogens with zero attached hydrogens (tertiary/aromatic N) is 5. The molecule has 0 atom stereocenters. The summed E-state index contributed by atoms with van der Waals surface area (Å²) in [5.41, 5.74) is 2.51. The van der Waals surface area contributed by atoms with Crippen LogP contribution in [0.15, 0.2) is 47.5 Å². The Kier molecular flexibility index (Phi) is 7.66. The molecule has 2 N–H and O–H groups in total. The Hall–Kier alpha value is -3.40. The van der Waals surface area contributed by atoms with E-state index in [0.29, 0.717) is 38.7 Å². The van der Waals surface area contributed by atoms with E-state index < -0.39 is 0 Å². The van der Waals surface area contributed by atoms with Crippen LogP contribution in [0, 0.1) is 0 Å². The van der Waals surface area contributed by atoms with Crippen LogP contribution in [0.4, 0.5) is 17.2 Å². The second kappa shape index (κ2) is 11.0. The Morgan fingerprint density at radius 2 is 1.77 bits per heavy atom. The number of hydrogen-bond donors (Lipinski definition) is 2. The summed E-state index contributed by atoms with van der Waals surface area (Å²) in [4.78, 5) is 33.7. The molecule has 9 nitrogen and oxygen atoms in total. The van der Waals surface area contributed by atoms with Gasteiger partial charge >= 0.3 is 0 Å². The van der Waals surface area contributed by atoms with Crippen LogP contribution in [0.2, 0.25) is 10.0 Å². The van der Waals surface area contributed by atoms with E-state index in [1.165, 1.54) is 6.33 Å². The highest BCUT2D eigenvalue weighted by Gasteiger charge is 2.26. The molecule has 0 bridgehead atoms. The zero-order valence-corrected chi connectivity index (χ0v) is 23.9. The van der Waals surface area contributed by atoms with Crippen LogP contribution in [0.5, 0.6) is 5.75 Å². The van der Waals surface area contributed by atoms with Gasteiger partial charge in [0, 0.05) is 59.9 Å². The van der Waals surface area contributed by atoms with Crippen molar-refractivity contribution in [3.8, 4) is 5.75 Å². The maximum atomic E-state index is 12.8. The first kappa shape index (κ1) is 27.2. The predicted octanol–water partition coefficient (Wildman–Crippen LogP) is 5.28. The number of nitrogens with one attached hydrogen (secondary N) is 2. The summed E-state index contributed by atoms with van der Waals surface area (Å²) in [6.45, 7) is 10.6. The molecule has 11 heteroatoms. The number of anilines is 3. The minimum Gasteiger partial charge on any atom is -0.494 e. The fourth-order valence-corrected chi connectivity index (χ4v) is 5.32. The molecule has 2 aromatic heterocycles. The van der Waals surface area contributed by atoms with E-state index in [1.807, 2.05) is 18.2 Å². The topological polar surface area (TPSA) is 99.3 Å². The van der Waals surface area contributed by atoms with Gasteiger partial charge < -0.3 is 19.9 Å². The number of benzene rings is 2. The number of fused-ring (bicyclic) bond motifs is 1. The minimum absolute atomic E-state index is 0.153. The molecule has 0 saturated carbocycles. The number of rotatable bonds is 6. The van der Waals surface area contributed by atoms with Gasteiger partial charge in [0.15, 0.2) is 5.65 Å². The lowest BCUT2D eigenvalue weighted by atomic mass is 10.0. The van der Waals surface area contributed by atoms with Gasteiger partial charge in [0.2, 0.25) is 0 Å². The third-order valence-electron chi connectivity index (χ3n) is 6.97. The molecule has 0 unspecified atom stereocenters. The van der Waals surface area contributed by atoms with Crippen LogP contribution in [-0.2, 0) is 6.42 Å². The molecular formula is C28H31Cl2N7O2.